The quantitative estimate of drug-likeness (QED) is 0.807. The molecule has 0 saturated heterocycles. The molecule has 17 heavy (non-hydrogen) atoms. The van der Waals surface area contributed by atoms with Crippen LogP contribution in [0.15, 0.2) is 28.1 Å². The number of nitrogens with zero attached hydrogens (tertiary/aromatic N) is 1. The van der Waals surface area contributed by atoms with Crippen LogP contribution in [0.25, 0.3) is 0 Å². The molecule has 88 valence electrons. The van der Waals surface area contributed by atoms with Gasteiger partial charge in [-0.05, 0) is 25.1 Å². The summed E-state index contributed by atoms with van der Waals surface area (Å²) in [6.45, 7) is 1.87. The average Bonchev–Trinajstić information content (AvgIpc) is 2.63. The van der Waals surface area contributed by atoms with Gasteiger partial charge in [0.05, 0.1) is 12.0 Å². The molecule has 2 aromatic rings. The summed E-state index contributed by atoms with van der Waals surface area (Å²) in [5.74, 6) is -0.748. The SMILES string of the molecule is Cc1csc(CC(=O)c2ccc(Br)cc2F)n1. The van der Waals surface area contributed by atoms with Gasteiger partial charge < -0.3 is 0 Å². The van der Waals surface area contributed by atoms with Gasteiger partial charge in [0.2, 0.25) is 0 Å². The lowest BCUT2D eigenvalue weighted by atomic mass is 10.1. The summed E-state index contributed by atoms with van der Waals surface area (Å²) in [6.07, 6.45) is 0.150. The van der Waals surface area contributed by atoms with E-state index in [1.54, 1.807) is 6.07 Å². The minimum Gasteiger partial charge on any atom is -0.294 e. The zero-order chi connectivity index (χ0) is 12.4. The van der Waals surface area contributed by atoms with Crippen molar-refractivity contribution in [2.45, 2.75) is 13.3 Å². The zero-order valence-corrected chi connectivity index (χ0v) is 11.4. The zero-order valence-electron chi connectivity index (χ0n) is 9.04. The standard InChI is InChI=1S/C12H9BrFNOS/c1-7-6-17-12(15-7)5-11(16)9-3-2-8(13)4-10(9)14/h2-4,6H,5H2,1H3. The van der Waals surface area contributed by atoms with E-state index in [9.17, 15) is 9.18 Å². The van der Waals surface area contributed by atoms with Gasteiger partial charge in [-0.25, -0.2) is 9.37 Å². The molecule has 1 aromatic carbocycles. The van der Waals surface area contributed by atoms with Gasteiger partial charge in [0.15, 0.2) is 5.78 Å². The fraction of sp³-hybridized carbons (Fsp3) is 0.167. The number of thiazole rings is 1. The fourth-order valence-corrected chi connectivity index (χ4v) is 2.54. The van der Waals surface area contributed by atoms with Crippen molar-refractivity contribution in [3.63, 3.8) is 0 Å². The van der Waals surface area contributed by atoms with E-state index < -0.39 is 5.82 Å². The maximum absolute atomic E-state index is 13.5. The van der Waals surface area contributed by atoms with Gasteiger partial charge in [-0.2, -0.15) is 0 Å². The Balaban J connectivity index is 2.20. The van der Waals surface area contributed by atoms with Crippen molar-refractivity contribution in [2.24, 2.45) is 0 Å². The molecule has 0 aliphatic rings. The molecule has 2 rings (SSSR count). The Kier molecular flexibility index (Phi) is 3.69. The van der Waals surface area contributed by atoms with Gasteiger partial charge in [-0.1, -0.05) is 15.9 Å². The molecule has 0 aliphatic carbocycles. The van der Waals surface area contributed by atoms with Crippen molar-refractivity contribution in [1.82, 2.24) is 4.98 Å². The van der Waals surface area contributed by atoms with Crippen molar-refractivity contribution in [3.8, 4) is 0 Å². The van der Waals surface area contributed by atoms with Crippen LogP contribution in [0.5, 0.6) is 0 Å². The lowest BCUT2D eigenvalue weighted by molar-refractivity contribution is 0.0989. The summed E-state index contributed by atoms with van der Waals surface area (Å²) >= 11 is 4.57. The molecule has 0 spiro atoms. The second kappa shape index (κ2) is 5.06. The van der Waals surface area contributed by atoms with E-state index in [4.69, 9.17) is 0 Å². The van der Waals surface area contributed by atoms with Crippen molar-refractivity contribution >= 4 is 33.0 Å². The second-order valence-corrected chi connectivity index (χ2v) is 5.47. The first-order chi connectivity index (χ1) is 8.06. The fourth-order valence-electron chi connectivity index (χ4n) is 1.43. The topological polar surface area (TPSA) is 30.0 Å². The summed E-state index contributed by atoms with van der Waals surface area (Å²) in [4.78, 5) is 16.1. The van der Waals surface area contributed by atoms with E-state index in [1.165, 1.54) is 23.5 Å². The normalized spacial score (nSPS) is 10.5. The Morgan fingerprint density at radius 1 is 1.53 bits per heavy atom. The summed E-state index contributed by atoms with van der Waals surface area (Å²) < 4.78 is 14.2. The van der Waals surface area contributed by atoms with E-state index in [0.29, 0.717) is 4.47 Å². The van der Waals surface area contributed by atoms with Crippen molar-refractivity contribution in [2.75, 3.05) is 0 Å². The number of ketones is 1. The first-order valence-electron chi connectivity index (χ1n) is 4.95. The molecule has 0 N–H and O–H groups in total. The Hall–Kier alpha value is -1.07. The first kappa shape index (κ1) is 12.4. The number of halogens is 2. The average molecular weight is 314 g/mol. The Morgan fingerprint density at radius 2 is 2.29 bits per heavy atom. The van der Waals surface area contributed by atoms with Crippen LogP contribution in [-0.4, -0.2) is 10.8 Å². The molecular formula is C12H9BrFNOS. The van der Waals surface area contributed by atoms with E-state index in [1.807, 2.05) is 12.3 Å². The molecule has 0 unspecified atom stereocenters. The van der Waals surface area contributed by atoms with Crippen molar-refractivity contribution < 1.29 is 9.18 Å². The van der Waals surface area contributed by atoms with E-state index in [2.05, 4.69) is 20.9 Å². The molecule has 2 nitrogen and oxygen atoms in total. The third kappa shape index (κ3) is 2.98. The van der Waals surface area contributed by atoms with Crippen molar-refractivity contribution in [3.05, 3.63) is 50.1 Å². The lowest BCUT2D eigenvalue weighted by Crippen LogP contribution is -2.06. The largest absolute Gasteiger partial charge is 0.294 e. The second-order valence-electron chi connectivity index (χ2n) is 3.61. The van der Waals surface area contributed by atoms with Crippen LogP contribution in [0.4, 0.5) is 4.39 Å². The Morgan fingerprint density at radius 3 is 2.88 bits per heavy atom. The third-order valence-corrected chi connectivity index (χ3v) is 3.67. The number of Topliss-reactive ketones (excluding diaryl/α,β-unsaturated/α-hetero) is 1. The van der Waals surface area contributed by atoms with Gasteiger partial charge in [-0.3, -0.25) is 4.79 Å². The smallest absolute Gasteiger partial charge is 0.172 e. The van der Waals surface area contributed by atoms with E-state index in [0.717, 1.165) is 10.7 Å². The number of benzene rings is 1. The number of carbonyl (C=O) groups is 1. The first-order valence-corrected chi connectivity index (χ1v) is 6.63. The maximum Gasteiger partial charge on any atom is 0.172 e. The van der Waals surface area contributed by atoms with Gasteiger partial charge in [0.1, 0.15) is 10.8 Å². The van der Waals surface area contributed by atoms with Crippen molar-refractivity contribution in [1.29, 1.82) is 0 Å². The van der Waals surface area contributed by atoms with Crippen LogP contribution in [0.2, 0.25) is 0 Å². The summed E-state index contributed by atoms with van der Waals surface area (Å²) in [5.41, 5.74) is 0.995. The molecule has 0 radical (unpaired) electrons. The molecule has 0 saturated carbocycles. The number of rotatable bonds is 3. The summed E-state index contributed by atoms with van der Waals surface area (Å²) in [5, 5.41) is 2.59. The number of aromatic nitrogens is 1. The van der Waals surface area contributed by atoms with Crippen LogP contribution < -0.4 is 0 Å². The predicted octanol–water partition coefficient (Wildman–Crippen LogP) is 3.78. The number of hydrogen-bond donors (Lipinski definition) is 0. The molecule has 0 aliphatic heterocycles. The Labute approximate surface area is 111 Å². The van der Waals surface area contributed by atoms with Crippen LogP contribution in [0, 0.1) is 12.7 Å². The predicted molar refractivity (Wildman–Crippen MR) is 69.0 cm³/mol. The van der Waals surface area contributed by atoms with Crippen LogP contribution in [0.3, 0.4) is 0 Å². The molecule has 5 heteroatoms. The number of aryl methyl sites for hydroxylation is 1. The maximum atomic E-state index is 13.5. The highest BCUT2D eigenvalue weighted by Crippen LogP contribution is 2.18. The van der Waals surface area contributed by atoms with Gasteiger partial charge in [0.25, 0.3) is 0 Å². The highest BCUT2D eigenvalue weighted by molar-refractivity contribution is 9.10. The highest BCUT2D eigenvalue weighted by atomic mass is 79.9. The molecular weight excluding hydrogens is 305 g/mol. The molecule has 1 heterocycles. The number of carbonyl (C=O) groups excluding carboxylic acids is 1. The van der Waals surface area contributed by atoms with Gasteiger partial charge in [0, 0.05) is 15.5 Å². The minimum atomic E-state index is -0.502. The molecule has 0 amide bonds. The minimum absolute atomic E-state index is 0.112. The van der Waals surface area contributed by atoms with Gasteiger partial charge in [-0.15, -0.1) is 11.3 Å². The third-order valence-electron chi connectivity index (χ3n) is 2.21. The van der Waals surface area contributed by atoms with Gasteiger partial charge >= 0.3 is 0 Å². The molecule has 0 atom stereocenters. The van der Waals surface area contributed by atoms with E-state index in [-0.39, 0.29) is 17.8 Å². The lowest BCUT2D eigenvalue weighted by Gasteiger charge is -2.01. The number of hydrogen-bond acceptors (Lipinski definition) is 3. The van der Waals surface area contributed by atoms with Crippen LogP contribution in [0.1, 0.15) is 21.1 Å². The van der Waals surface area contributed by atoms with Crippen LogP contribution in [-0.2, 0) is 6.42 Å². The van der Waals surface area contributed by atoms with Crippen LogP contribution >= 0.6 is 27.3 Å². The molecule has 0 fully saturated rings. The summed E-state index contributed by atoms with van der Waals surface area (Å²) in [7, 11) is 0. The highest BCUT2D eigenvalue weighted by Gasteiger charge is 2.14. The monoisotopic (exact) mass is 313 g/mol. The molecule has 0 bridgehead atoms. The Bertz CT molecular complexity index is 567. The summed E-state index contributed by atoms with van der Waals surface area (Å²) in [6, 6.07) is 4.44. The molecule has 1 aromatic heterocycles. The van der Waals surface area contributed by atoms with E-state index >= 15 is 0 Å².